The lowest BCUT2D eigenvalue weighted by Crippen LogP contribution is -2.27. The number of carboxylic acid groups (broad SMARTS) is 1. The van der Waals surface area contributed by atoms with Gasteiger partial charge in [-0.1, -0.05) is 54.3 Å². The molecule has 1 amide bonds. The van der Waals surface area contributed by atoms with E-state index in [2.05, 4.69) is 22.6 Å². The van der Waals surface area contributed by atoms with E-state index in [1.54, 1.807) is 30.3 Å². The van der Waals surface area contributed by atoms with Gasteiger partial charge in [-0.15, -0.1) is 0 Å². The summed E-state index contributed by atoms with van der Waals surface area (Å²) in [5, 5.41) is 9.06. The van der Waals surface area contributed by atoms with Crippen molar-refractivity contribution >= 4 is 74.5 Å². The standard InChI is InChI=1S/C26H20INO5S2/c1-2-32-21-13-17(14-22-24(29)28(26(34)35-22)19-6-4-3-5-7-19)12-20(27)23(21)33-15-16-8-10-18(11-9-16)25(30)31/h3-14H,2,15H2,1H3,(H,30,31)/b22-14+. The van der Waals surface area contributed by atoms with Crippen LogP contribution in [0.15, 0.2) is 71.6 Å². The van der Waals surface area contributed by atoms with E-state index in [1.165, 1.54) is 16.7 Å². The zero-order valence-electron chi connectivity index (χ0n) is 18.6. The number of para-hydroxylation sites is 1. The van der Waals surface area contributed by atoms with Crippen molar-refractivity contribution in [3.63, 3.8) is 0 Å². The molecule has 0 radical (unpaired) electrons. The fraction of sp³-hybridized carbons (Fsp3) is 0.115. The number of amides is 1. The third-order valence-electron chi connectivity index (χ3n) is 5.02. The first-order valence-electron chi connectivity index (χ1n) is 10.6. The lowest BCUT2D eigenvalue weighted by atomic mass is 10.1. The molecule has 6 nitrogen and oxygen atoms in total. The van der Waals surface area contributed by atoms with Crippen molar-refractivity contribution in [2.45, 2.75) is 13.5 Å². The van der Waals surface area contributed by atoms with Gasteiger partial charge in [0.25, 0.3) is 5.91 Å². The van der Waals surface area contributed by atoms with Crippen LogP contribution in [0, 0.1) is 3.57 Å². The van der Waals surface area contributed by atoms with E-state index < -0.39 is 5.97 Å². The quantitative estimate of drug-likeness (QED) is 0.179. The lowest BCUT2D eigenvalue weighted by molar-refractivity contribution is -0.113. The number of aromatic carboxylic acids is 1. The molecule has 0 atom stereocenters. The smallest absolute Gasteiger partial charge is 0.335 e. The summed E-state index contributed by atoms with van der Waals surface area (Å²) in [7, 11) is 0. The molecule has 35 heavy (non-hydrogen) atoms. The van der Waals surface area contributed by atoms with Gasteiger partial charge in [-0.25, -0.2) is 4.79 Å². The minimum Gasteiger partial charge on any atom is -0.490 e. The number of nitrogens with zero attached hydrogens (tertiary/aromatic N) is 1. The summed E-state index contributed by atoms with van der Waals surface area (Å²) in [6.45, 7) is 2.59. The third-order valence-corrected chi connectivity index (χ3v) is 7.13. The molecule has 0 aromatic heterocycles. The maximum atomic E-state index is 13.1. The Labute approximate surface area is 226 Å². The predicted octanol–water partition coefficient (Wildman–Crippen LogP) is 6.37. The molecule has 9 heteroatoms. The van der Waals surface area contributed by atoms with E-state index in [4.69, 9.17) is 26.8 Å². The highest BCUT2D eigenvalue weighted by molar-refractivity contribution is 14.1. The number of carboxylic acids is 1. The molecular weight excluding hydrogens is 597 g/mol. The van der Waals surface area contributed by atoms with Crippen LogP contribution in [0.5, 0.6) is 11.5 Å². The number of hydrogen-bond acceptors (Lipinski definition) is 6. The number of carbonyl (C=O) groups excluding carboxylic acids is 1. The number of rotatable bonds is 8. The maximum Gasteiger partial charge on any atom is 0.335 e. The summed E-state index contributed by atoms with van der Waals surface area (Å²) in [5.41, 5.74) is 2.59. The van der Waals surface area contributed by atoms with Crippen molar-refractivity contribution < 1.29 is 24.2 Å². The van der Waals surface area contributed by atoms with Crippen LogP contribution in [-0.2, 0) is 11.4 Å². The molecular formula is C26H20INO5S2. The Balaban J connectivity index is 1.57. The summed E-state index contributed by atoms with van der Waals surface area (Å²) in [4.78, 5) is 26.2. The Morgan fingerprint density at radius 1 is 1.11 bits per heavy atom. The number of halogens is 1. The molecule has 1 saturated heterocycles. The fourth-order valence-corrected chi connectivity index (χ4v) is 5.47. The molecule has 1 N–H and O–H groups in total. The number of carbonyl (C=O) groups is 2. The van der Waals surface area contributed by atoms with E-state index in [-0.39, 0.29) is 18.1 Å². The van der Waals surface area contributed by atoms with E-state index in [0.29, 0.717) is 27.3 Å². The van der Waals surface area contributed by atoms with E-state index in [1.807, 2.05) is 49.4 Å². The van der Waals surface area contributed by atoms with Crippen molar-refractivity contribution in [3.8, 4) is 11.5 Å². The molecule has 3 aromatic carbocycles. The van der Waals surface area contributed by atoms with E-state index >= 15 is 0 Å². The zero-order chi connectivity index (χ0) is 24.9. The molecule has 178 valence electrons. The van der Waals surface area contributed by atoms with Gasteiger partial charge in [-0.2, -0.15) is 0 Å². The highest BCUT2D eigenvalue weighted by Crippen LogP contribution is 2.39. The summed E-state index contributed by atoms with van der Waals surface area (Å²) in [6.07, 6.45) is 1.81. The fourth-order valence-electron chi connectivity index (χ4n) is 3.39. The average molecular weight is 617 g/mol. The number of thiocarbonyl (C=S) groups is 1. The van der Waals surface area contributed by atoms with Crippen molar-refractivity contribution in [2.24, 2.45) is 0 Å². The lowest BCUT2D eigenvalue weighted by Gasteiger charge is -2.15. The molecule has 1 heterocycles. The first kappa shape index (κ1) is 25.2. The second-order valence-corrected chi connectivity index (χ2v) is 10.2. The Morgan fingerprint density at radius 3 is 2.49 bits per heavy atom. The highest BCUT2D eigenvalue weighted by atomic mass is 127. The van der Waals surface area contributed by atoms with Crippen LogP contribution in [0.4, 0.5) is 5.69 Å². The first-order chi connectivity index (χ1) is 16.9. The van der Waals surface area contributed by atoms with Gasteiger partial charge in [0.05, 0.1) is 26.3 Å². The normalized spacial score (nSPS) is 14.5. The molecule has 0 unspecified atom stereocenters. The Bertz CT molecular complexity index is 1310. The van der Waals surface area contributed by atoms with Gasteiger partial charge in [0.1, 0.15) is 6.61 Å². The Hall–Kier alpha value is -2.89. The summed E-state index contributed by atoms with van der Waals surface area (Å²) in [5.74, 6) is 0.0151. The SMILES string of the molecule is CCOc1cc(/C=C2/SC(=S)N(c3ccccc3)C2=O)cc(I)c1OCc1ccc(C(=O)O)cc1. The average Bonchev–Trinajstić information content (AvgIpc) is 3.12. The first-order valence-corrected chi connectivity index (χ1v) is 12.9. The van der Waals surface area contributed by atoms with Gasteiger partial charge >= 0.3 is 5.97 Å². The van der Waals surface area contributed by atoms with Crippen LogP contribution in [0.3, 0.4) is 0 Å². The molecule has 1 fully saturated rings. The zero-order valence-corrected chi connectivity index (χ0v) is 22.4. The number of benzene rings is 3. The number of hydrogen-bond donors (Lipinski definition) is 1. The van der Waals surface area contributed by atoms with Gasteiger partial charge in [0.2, 0.25) is 0 Å². The van der Waals surface area contributed by atoms with Crippen LogP contribution in [0.25, 0.3) is 6.08 Å². The van der Waals surface area contributed by atoms with E-state index in [0.717, 1.165) is 20.4 Å². The van der Waals surface area contributed by atoms with Crippen molar-refractivity contribution in [1.82, 2.24) is 0 Å². The summed E-state index contributed by atoms with van der Waals surface area (Å²) < 4.78 is 13.2. The molecule has 1 aliphatic heterocycles. The van der Waals surface area contributed by atoms with Gasteiger partial charge in [0.15, 0.2) is 15.8 Å². The van der Waals surface area contributed by atoms with Gasteiger partial charge in [-0.3, -0.25) is 9.69 Å². The van der Waals surface area contributed by atoms with Crippen LogP contribution >= 0.6 is 46.6 Å². The molecule has 0 saturated carbocycles. The second-order valence-electron chi connectivity index (χ2n) is 7.41. The van der Waals surface area contributed by atoms with Gasteiger partial charge in [0, 0.05) is 0 Å². The largest absolute Gasteiger partial charge is 0.490 e. The van der Waals surface area contributed by atoms with Crippen molar-refractivity contribution in [3.05, 3.63) is 91.9 Å². The molecule has 3 aromatic rings. The predicted molar refractivity (Wildman–Crippen MR) is 150 cm³/mol. The number of anilines is 1. The number of ether oxygens (including phenoxy) is 2. The molecule has 0 aliphatic carbocycles. The van der Waals surface area contributed by atoms with Crippen LogP contribution in [0.1, 0.15) is 28.4 Å². The Kier molecular flexibility index (Phi) is 8.09. The molecule has 0 spiro atoms. The molecule has 1 aliphatic rings. The van der Waals surface area contributed by atoms with E-state index in [9.17, 15) is 9.59 Å². The van der Waals surface area contributed by atoms with Crippen LogP contribution in [-0.4, -0.2) is 27.9 Å². The summed E-state index contributed by atoms with van der Waals surface area (Å²) >= 11 is 8.90. The van der Waals surface area contributed by atoms with Crippen molar-refractivity contribution in [2.75, 3.05) is 11.5 Å². The maximum absolute atomic E-state index is 13.1. The Morgan fingerprint density at radius 2 is 1.83 bits per heavy atom. The highest BCUT2D eigenvalue weighted by Gasteiger charge is 2.33. The molecule has 0 bridgehead atoms. The number of thioether (sulfide) groups is 1. The minimum absolute atomic E-state index is 0.163. The molecule has 4 rings (SSSR count). The van der Waals surface area contributed by atoms with Gasteiger partial charge in [-0.05, 0) is 83.1 Å². The summed E-state index contributed by atoms with van der Waals surface area (Å²) in [6, 6.07) is 19.6. The minimum atomic E-state index is -0.970. The third kappa shape index (κ3) is 5.85. The van der Waals surface area contributed by atoms with Crippen LogP contribution < -0.4 is 14.4 Å². The van der Waals surface area contributed by atoms with Crippen molar-refractivity contribution in [1.29, 1.82) is 0 Å². The van der Waals surface area contributed by atoms with Gasteiger partial charge < -0.3 is 14.6 Å². The van der Waals surface area contributed by atoms with Crippen LogP contribution in [0.2, 0.25) is 0 Å². The monoisotopic (exact) mass is 617 g/mol. The topological polar surface area (TPSA) is 76.1 Å². The second kappa shape index (κ2) is 11.2.